The van der Waals surface area contributed by atoms with Gasteiger partial charge in [-0.25, -0.2) is 18.2 Å². The average molecular weight is 386 g/mol. The van der Waals surface area contributed by atoms with Crippen molar-refractivity contribution in [1.29, 1.82) is 0 Å². The van der Waals surface area contributed by atoms with E-state index in [1.165, 1.54) is 0 Å². The van der Waals surface area contributed by atoms with Gasteiger partial charge < -0.3 is 5.32 Å². The van der Waals surface area contributed by atoms with Gasteiger partial charge in [-0.1, -0.05) is 6.07 Å². The van der Waals surface area contributed by atoms with E-state index in [1.54, 1.807) is 36.7 Å². The van der Waals surface area contributed by atoms with Crippen molar-refractivity contribution in [2.24, 2.45) is 4.99 Å². The van der Waals surface area contributed by atoms with Crippen LogP contribution in [0, 0.1) is 17.5 Å². The molecule has 9 heteroatoms. The van der Waals surface area contributed by atoms with Crippen LogP contribution >= 0.6 is 11.8 Å². The molecule has 2 aromatic carbocycles. The molecule has 0 bridgehead atoms. The minimum absolute atomic E-state index is 0.120. The van der Waals surface area contributed by atoms with Gasteiger partial charge in [0.1, 0.15) is 5.84 Å². The lowest BCUT2D eigenvalue weighted by Crippen LogP contribution is -2.18. The van der Waals surface area contributed by atoms with E-state index < -0.39 is 17.5 Å². The average Bonchev–Trinajstić information content (AvgIpc) is 2.98. The minimum atomic E-state index is -1.57. The summed E-state index contributed by atoms with van der Waals surface area (Å²) >= 11 is 0.887. The lowest BCUT2D eigenvalue weighted by molar-refractivity contribution is 0.265. The summed E-state index contributed by atoms with van der Waals surface area (Å²) in [6, 6.07) is 6.87. The summed E-state index contributed by atoms with van der Waals surface area (Å²) in [5.41, 5.74) is 1.99. The van der Waals surface area contributed by atoms with Gasteiger partial charge >= 0.3 is 0 Å². The SMILES string of the molecule is O=C1NC(=Nc2cc(F)c(F)c(F)c2)/C(=C/c2ccc3nccnc3c2)S1. The second-order valence-electron chi connectivity index (χ2n) is 5.51. The molecular weight excluding hydrogens is 377 g/mol. The summed E-state index contributed by atoms with van der Waals surface area (Å²) in [6.07, 6.45) is 4.84. The van der Waals surface area contributed by atoms with E-state index in [-0.39, 0.29) is 16.8 Å². The van der Waals surface area contributed by atoms with E-state index in [0.29, 0.717) is 10.4 Å². The monoisotopic (exact) mass is 386 g/mol. The Bertz CT molecular complexity index is 1120. The largest absolute Gasteiger partial charge is 0.300 e. The summed E-state index contributed by atoms with van der Waals surface area (Å²) in [6.45, 7) is 0. The maximum Gasteiger partial charge on any atom is 0.289 e. The van der Waals surface area contributed by atoms with E-state index in [2.05, 4.69) is 20.3 Å². The molecular formula is C18H9F3N4OS. The van der Waals surface area contributed by atoms with E-state index in [1.807, 2.05) is 0 Å². The lowest BCUT2D eigenvalue weighted by atomic mass is 10.1. The summed E-state index contributed by atoms with van der Waals surface area (Å²) < 4.78 is 39.8. The van der Waals surface area contributed by atoms with Gasteiger partial charge in [0.25, 0.3) is 5.24 Å². The number of thioether (sulfide) groups is 1. The van der Waals surface area contributed by atoms with Crippen LogP contribution in [0.2, 0.25) is 0 Å². The maximum atomic E-state index is 13.4. The molecule has 134 valence electrons. The van der Waals surface area contributed by atoms with Crippen LogP contribution in [0.4, 0.5) is 23.7 Å². The second kappa shape index (κ2) is 6.84. The summed E-state index contributed by atoms with van der Waals surface area (Å²) in [4.78, 5) is 24.6. The third kappa shape index (κ3) is 3.54. The molecule has 1 amide bonds. The first-order valence-corrected chi connectivity index (χ1v) is 8.46. The molecule has 0 aliphatic carbocycles. The normalized spacial score (nSPS) is 17.1. The smallest absolute Gasteiger partial charge is 0.289 e. The molecule has 0 atom stereocenters. The Labute approximate surface area is 155 Å². The van der Waals surface area contributed by atoms with E-state index >= 15 is 0 Å². The van der Waals surface area contributed by atoms with Crippen molar-refractivity contribution in [1.82, 2.24) is 15.3 Å². The number of aromatic nitrogens is 2. The van der Waals surface area contributed by atoms with Crippen LogP contribution in [-0.2, 0) is 0 Å². The molecule has 1 aromatic heterocycles. The predicted molar refractivity (Wildman–Crippen MR) is 97.0 cm³/mol. The van der Waals surface area contributed by atoms with Gasteiger partial charge in [-0.2, -0.15) is 0 Å². The van der Waals surface area contributed by atoms with Crippen LogP contribution in [0.15, 0.2) is 52.6 Å². The third-order valence-corrected chi connectivity index (χ3v) is 4.48. The zero-order valence-electron chi connectivity index (χ0n) is 13.4. The zero-order chi connectivity index (χ0) is 19.0. The van der Waals surface area contributed by atoms with E-state index in [4.69, 9.17) is 0 Å². The third-order valence-electron chi connectivity index (χ3n) is 3.66. The van der Waals surface area contributed by atoms with Gasteiger partial charge in [0, 0.05) is 24.5 Å². The van der Waals surface area contributed by atoms with Gasteiger partial charge in [-0.05, 0) is 35.5 Å². The highest BCUT2D eigenvalue weighted by Gasteiger charge is 2.24. The molecule has 0 saturated carbocycles. The van der Waals surface area contributed by atoms with Crippen molar-refractivity contribution in [3.05, 3.63) is 70.6 Å². The molecule has 5 nitrogen and oxygen atoms in total. The van der Waals surface area contributed by atoms with Crippen LogP contribution < -0.4 is 5.32 Å². The standard InChI is InChI=1S/C18H9F3N4OS/c19-11-7-10(8-12(20)16(11)21)24-17-15(27-18(26)25-17)6-9-1-2-13-14(5-9)23-4-3-22-13/h1-8H,(H,24,25,26)/b15-6-. The Morgan fingerprint density at radius 1 is 1.00 bits per heavy atom. The number of hydrogen-bond donors (Lipinski definition) is 1. The summed E-state index contributed by atoms with van der Waals surface area (Å²) in [5.74, 6) is -4.17. The van der Waals surface area contributed by atoms with Crippen molar-refractivity contribution < 1.29 is 18.0 Å². The van der Waals surface area contributed by atoms with Crippen molar-refractivity contribution in [3.8, 4) is 0 Å². The van der Waals surface area contributed by atoms with Gasteiger partial charge in [0.05, 0.1) is 21.6 Å². The molecule has 0 unspecified atom stereocenters. The minimum Gasteiger partial charge on any atom is -0.300 e. The number of amides is 1. The van der Waals surface area contributed by atoms with Gasteiger partial charge in [0.2, 0.25) is 0 Å². The Kier molecular flexibility index (Phi) is 4.36. The zero-order valence-corrected chi connectivity index (χ0v) is 14.2. The number of benzene rings is 2. The first-order chi connectivity index (χ1) is 13.0. The van der Waals surface area contributed by atoms with Gasteiger partial charge in [-0.15, -0.1) is 0 Å². The van der Waals surface area contributed by atoms with Crippen molar-refractivity contribution in [3.63, 3.8) is 0 Å². The van der Waals surface area contributed by atoms with Crippen molar-refractivity contribution in [2.45, 2.75) is 0 Å². The summed E-state index contributed by atoms with van der Waals surface area (Å²) in [7, 11) is 0. The molecule has 1 N–H and O–H groups in total. The lowest BCUT2D eigenvalue weighted by Gasteiger charge is -2.02. The highest BCUT2D eigenvalue weighted by atomic mass is 32.2. The fourth-order valence-corrected chi connectivity index (χ4v) is 3.21. The fraction of sp³-hybridized carbons (Fsp3) is 0. The van der Waals surface area contributed by atoms with Gasteiger partial charge in [0.15, 0.2) is 17.5 Å². The Balaban J connectivity index is 1.74. The van der Waals surface area contributed by atoms with Crippen molar-refractivity contribution in [2.75, 3.05) is 0 Å². The Hall–Kier alpha value is -3.20. The first-order valence-electron chi connectivity index (χ1n) is 7.64. The van der Waals surface area contributed by atoms with Crippen LogP contribution in [0.5, 0.6) is 0 Å². The van der Waals surface area contributed by atoms with Crippen LogP contribution in [0.25, 0.3) is 17.1 Å². The molecule has 2 heterocycles. The van der Waals surface area contributed by atoms with Crippen LogP contribution in [0.1, 0.15) is 5.56 Å². The number of halogens is 3. The maximum absolute atomic E-state index is 13.4. The molecule has 4 rings (SSSR count). The number of hydrogen-bond acceptors (Lipinski definition) is 5. The number of carbonyl (C=O) groups excluding carboxylic acids is 1. The molecule has 3 aromatic rings. The van der Waals surface area contributed by atoms with E-state index in [0.717, 1.165) is 35.0 Å². The Morgan fingerprint density at radius 2 is 1.70 bits per heavy atom. The van der Waals surface area contributed by atoms with Crippen LogP contribution in [-0.4, -0.2) is 21.0 Å². The highest BCUT2D eigenvalue weighted by Crippen LogP contribution is 2.29. The topological polar surface area (TPSA) is 67.2 Å². The number of fused-ring (bicyclic) bond motifs is 1. The molecule has 1 fully saturated rings. The number of rotatable bonds is 2. The van der Waals surface area contributed by atoms with Crippen molar-refractivity contribution >= 4 is 45.6 Å². The number of nitrogens with zero attached hydrogens (tertiary/aromatic N) is 3. The number of amidine groups is 1. The molecule has 27 heavy (non-hydrogen) atoms. The van der Waals surface area contributed by atoms with E-state index in [9.17, 15) is 18.0 Å². The Morgan fingerprint density at radius 3 is 2.44 bits per heavy atom. The first kappa shape index (κ1) is 17.2. The number of nitrogens with one attached hydrogen (secondary N) is 1. The molecule has 1 aliphatic heterocycles. The number of aliphatic imine (C=N–C) groups is 1. The second-order valence-corrected chi connectivity index (χ2v) is 6.53. The number of carbonyl (C=O) groups is 1. The van der Waals surface area contributed by atoms with Crippen LogP contribution in [0.3, 0.4) is 0 Å². The molecule has 1 saturated heterocycles. The molecule has 1 aliphatic rings. The highest BCUT2D eigenvalue weighted by molar-refractivity contribution is 8.18. The fourth-order valence-electron chi connectivity index (χ4n) is 2.47. The van der Waals surface area contributed by atoms with Gasteiger partial charge in [-0.3, -0.25) is 14.8 Å². The molecule has 0 spiro atoms. The summed E-state index contributed by atoms with van der Waals surface area (Å²) in [5, 5.41) is 2.12. The molecule has 0 radical (unpaired) electrons. The predicted octanol–water partition coefficient (Wildman–Crippen LogP) is 4.57. The quantitative estimate of drug-likeness (QED) is 0.655.